The first-order chi connectivity index (χ1) is 4.93. The second-order valence-corrected chi connectivity index (χ2v) is 1.94. The Balaban J connectivity index is 2.59. The van der Waals surface area contributed by atoms with Crippen LogP contribution in [-0.4, -0.2) is 6.41 Å². The predicted molar refractivity (Wildman–Crippen MR) is 40.2 cm³/mol. The lowest BCUT2D eigenvalue weighted by Gasteiger charge is -1.94. The second-order valence-electron chi connectivity index (χ2n) is 1.94. The van der Waals surface area contributed by atoms with Gasteiger partial charge in [-0.1, -0.05) is 24.3 Å². The van der Waals surface area contributed by atoms with Gasteiger partial charge in [0.05, 0.1) is 0 Å². The standard InChI is InChI=1S/C8H9NO/c10-7-9-8-5-3-1-2-4-6-8/h1-3,5-7H,4H2,(H,9,10). The summed E-state index contributed by atoms with van der Waals surface area (Å²) in [5.74, 6) is 0. The number of amides is 1. The van der Waals surface area contributed by atoms with E-state index < -0.39 is 0 Å². The molecule has 0 radical (unpaired) electrons. The van der Waals surface area contributed by atoms with Crippen molar-refractivity contribution in [2.24, 2.45) is 0 Å². The van der Waals surface area contributed by atoms with E-state index in [9.17, 15) is 4.79 Å². The molecule has 0 fully saturated rings. The van der Waals surface area contributed by atoms with Gasteiger partial charge in [0, 0.05) is 5.70 Å². The summed E-state index contributed by atoms with van der Waals surface area (Å²) >= 11 is 0. The molecule has 0 atom stereocenters. The first-order valence-corrected chi connectivity index (χ1v) is 3.17. The van der Waals surface area contributed by atoms with Gasteiger partial charge in [-0.05, 0) is 12.5 Å². The summed E-state index contributed by atoms with van der Waals surface area (Å²) in [7, 11) is 0. The van der Waals surface area contributed by atoms with Crippen LogP contribution in [0.25, 0.3) is 0 Å². The molecule has 0 saturated heterocycles. The normalized spacial score (nSPS) is 15.8. The van der Waals surface area contributed by atoms with E-state index in [1.165, 1.54) is 0 Å². The molecule has 1 amide bonds. The van der Waals surface area contributed by atoms with Gasteiger partial charge in [-0.2, -0.15) is 0 Å². The van der Waals surface area contributed by atoms with E-state index in [-0.39, 0.29) is 0 Å². The Kier molecular flexibility index (Phi) is 2.49. The molecule has 0 saturated carbocycles. The molecule has 0 heterocycles. The van der Waals surface area contributed by atoms with Crippen LogP contribution in [-0.2, 0) is 4.79 Å². The third-order valence-electron chi connectivity index (χ3n) is 1.22. The van der Waals surface area contributed by atoms with E-state index in [4.69, 9.17) is 0 Å². The zero-order valence-electron chi connectivity index (χ0n) is 5.58. The molecular formula is C8H9NO. The predicted octanol–water partition coefficient (Wildman–Crippen LogP) is 1.13. The lowest BCUT2D eigenvalue weighted by molar-refractivity contribution is -0.108. The van der Waals surface area contributed by atoms with Crippen molar-refractivity contribution < 1.29 is 4.79 Å². The fourth-order valence-corrected chi connectivity index (χ4v) is 0.754. The molecule has 0 aromatic carbocycles. The van der Waals surface area contributed by atoms with Gasteiger partial charge < -0.3 is 5.32 Å². The third-order valence-corrected chi connectivity index (χ3v) is 1.22. The SMILES string of the molecule is O=CNC1=CCC=CC=C1. The van der Waals surface area contributed by atoms with Crippen molar-refractivity contribution in [3.05, 3.63) is 36.1 Å². The summed E-state index contributed by atoms with van der Waals surface area (Å²) in [4.78, 5) is 9.98. The van der Waals surface area contributed by atoms with Crippen molar-refractivity contribution in [3.63, 3.8) is 0 Å². The van der Waals surface area contributed by atoms with Crippen LogP contribution in [0.3, 0.4) is 0 Å². The average molecular weight is 135 g/mol. The molecule has 1 N–H and O–H groups in total. The Morgan fingerprint density at radius 3 is 3.20 bits per heavy atom. The zero-order valence-corrected chi connectivity index (χ0v) is 5.58. The molecule has 52 valence electrons. The molecule has 0 spiro atoms. The molecule has 1 aliphatic rings. The molecule has 2 heteroatoms. The van der Waals surface area contributed by atoms with Gasteiger partial charge in [0.25, 0.3) is 0 Å². The molecule has 10 heavy (non-hydrogen) atoms. The van der Waals surface area contributed by atoms with Gasteiger partial charge in [-0.15, -0.1) is 0 Å². The van der Waals surface area contributed by atoms with Crippen LogP contribution in [0.5, 0.6) is 0 Å². The molecule has 1 rings (SSSR count). The number of rotatable bonds is 2. The van der Waals surface area contributed by atoms with E-state index in [1.807, 2.05) is 30.4 Å². The van der Waals surface area contributed by atoms with Crippen molar-refractivity contribution in [2.45, 2.75) is 6.42 Å². The summed E-state index contributed by atoms with van der Waals surface area (Å²) in [5, 5.41) is 2.58. The highest BCUT2D eigenvalue weighted by Crippen LogP contribution is 1.99. The fourth-order valence-electron chi connectivity index (χ4n) is 0.754. The summed E-state index contributed by atoms with van der Waals surface area (Å²) < 4.78 is 0. The highest BCUT2D eigenvalue weighted by molar-refractivity contribution is 5.52. The summed E-state index contributed by atoms with van der Waals surface area (Å²) in [5.41, 5.74) is 0.861. The van der Waals surface area contributed by atoms with Crippen molar-refractivity contribution in [2.75, 3.05) is 0 Å². The molecule has 0 unspecified atom stereocenters. The first kappa shape index (κ1) is 6.81. The van der Waals surface area contributed by atoms with Crippen LogP contribution in [0.4, 0.5) is 0 Å². The van der Waals surface area contributed by atoms with E-state index in [0.717, 1.165) is 12.1 Å². The molecule has 2 nitrogen and oxygen atoms in total. The van der Waals surface area contributed by atoms with Crippen LogP contribution in [0.2, 0.25) is 0 Å². The highest BCUT2D eigenvalue weighted by atomic mass is 16.1. The summed E-state index contributed by atoms with van der Waals surface area (Å²) in [6.45, 7) is 0. The molecule has 0 aliphatic heterocycles. The second kappa shape index (κ2) is 3.67. The lowest BCUT2D eigenvalue weighted by Crippen LogP contribution is -2.07. The number of allylic oxidation sites excluding steroid dienone is 5. The molecule has 1 aliphatic carbocycles. The number of carbonyl (C=O) groups is 1. The Morgan fingerprint density at radius 2 is 2.40 bits per heavy atom. The molecule has 0 aromatic heterocycles. The number of hydrogen-bond donors (Lipinski definition) is 1. The quantitative estimate of drug-likeness (QED) is 0.565. The van der Waals surface area contributed by atoms with Crippen molar-refractivity contribution >= 4 is 6.41 Å². The fraction of sp³-hybridized carbons (Fsp3) is 0.125. The Labute approximate surface area is 59.9 Å². The smallest absolute Gasteiger partial charge is 0.211 e. The maximum Gasteiger partial charge on any atom is 0.211 e. The van der Waals surface area contributed by atoms with Gasteiger partial charge in [0.2, 0.25) is 6.41 Å². The summed E-state index contributed by atoms with van der Waals surface area (Å²) in [6.07, 6.45) is 11.2. The Hall–Kier alpha value is -1.31. The minimum Gasteiger partial charge on any atom is -0.329 e. The minimum absolute atomic E-state index is 0.682. The van der Waals surface area contributed by atoms with Gasteiger partial charge >= 0.3 is 0 Å². The van der Waals surface area contributed by atoms with Gasteiger partial charge in [-0.3, -0.25) is 4.79 Å². The van der Waals surface area contributed by atoms with Crippen LogP contribution >= 0.6 is 0 Å². The van der Waals surface area contributed by atoms with Crippen LogP contribution in [0.15, 0.2) is 36.1 Å². The first-order valence-electron chi connectivity index (χ1n) is 3.17. The van der Waals surface area contributed by atoms with Crippen LogP contribution in [0, 0.1) is 0 Å². The van der Waals surface area contributed by atoms with Gasteiger partial charge in [-0.25, -0.2) is 0 Å². The van der Waals surface area contributed by atoms with Crippen LogP contribution in [0.1, 0.15) is 6.42 Å². The van der Waals surface area contributed by atoms with Gasteiger partial charge in [0.1, 0.15) is 0 Å². The number of carbonyl (C=O) groups excluding carboxylic acids is 1. The van der Waals surface area contributed by atoms with E-state index in [2.05, 4.69) is 5.32 Å². The molecular weight excluding hydrogens is 126 g/mol. The number of nitrogens with one attached hydrogen (secondary N) is 1. The molecule has 0 aromatic rings. The minimum atomic E-state index is 0.682. The maximum absolute atomic E-state index is 9.98. The summed E-state index contributed by atoms with van der Waals surface area (Å²) in [6, 6.07) is 0. The topological polar surface area (TPSA) is 29.1 Å². The lowest BCUT2D eigenvalue weighted by atomic mass is 10.3. The largest absolute Gasteiger partial charge is 0.329 e. The Bertz CT molecular complexity index is 201. The van der Waals surface area contributed by atoms with Crippen molar-refractivity contribution in [3.8, 4) is 0 Å². The van der Waals surface area contributed by atoms with E-state index >= 15 is 0 Å². The number of hydrogen-bond acceptors (Lipinski definition) is 1. The van der Waals surface area contributed by atoms with Crippen molar-refractivity contribution in [1.82, 2.24) is 5.32 Å². The van der Waals surface area contributed by atoms with E-state index in [1.54, 1.807) is 0 Å². The van der Waals surface area contributed by atoms with Gasteiger partial charge in [0.15, 0.2) is 0 Å². The zero-order chi connectivity index (χ0) is 7.23. The van der Waals surface area contributed by atoms with Crippen molar-refractivity contribution in [1.29, 1.82) is 0 Å². The average Bonchev–Trinajstić information content (AvgIpc) is 2.17. The Morgan fingerprint density at radius 1 is 1.50 bits per heavy atom. The molecule has 0 bridgehead atoms. The maximum atomic E-state index is 9.98. The monoisotopic (exact) mass is 135 g/mol. The highest BCUT2D eigenvalue weighted by Gasteiger charge is 1.88. The van der Waals surface area contributed by atoms with Crippen LogP contribution < -0.4 is 5.32 Å². The third kappa shape index (κ3) is 1.90. The van der Waals surface area contributed by atoms with E-state index in [0.29, 0.717) is 6.41 Å².